The van der Waals surface area contributed by atoms with Crippen molar-refractivity contribution in [2.45, 2.75) is 25.9 Å². The van der Waals surface area contributed by atoms with E-state index in [4.69, 9.17) is 4.74 Å². The standard InChI is InChI=1S/C9H19NO2/c1-2-12-8-9(11)7-10-5-3-4-6-10/h9,11H,2-8H2,1H3/t9-/m1/s1. The van der Waals surface area contributed by atoms with Gasteiger partial charge in [0.05, 0.1) is 12.7 Å². The third-order valence-electron chi connectivity index (χ3n) is 2.18. The fourth-order valence-corrected chi connectivity index (χ4v) is 1.57. The molecule has 1 rings (SSSR count). The molecule has 1 heterocycles. The van der Waals surface area contributed by atoms with Gasteiger partial charge in [-0.05, 0) is 32.9 Å². The van der Waals surface area contributed by atoms with Crippen molar-refractivity contribution in [2.24, 2.45) is 0 Å². The second-order valence-corrected chi connectivity index (χ2v) is 3.32. The molecule has 1 atom stereocenters. The zero-order chi connectivity index (χ0) is 8.81. The molecule has 1 fully saturated rings. The first-order valence-electron chi connectivity index (χ1n) is 4.81. The third-order valence-corrected chi connectivity index (χ3v) is 2.18. The Labute approximate surface area is 74.3 Å². The molecule has 1 aliphatic heterocycles. The van der Waals surface area contributed by atoms with Crippen LogP contribution in [0.3, 0.4) is 0 Å². The van der Waals surface area contributed by atoms with Crippen molar-refractivity contribution >= 4 is 0 Å². The molecule has 72 valence electrons. The van der Waals surface area contributed by atoms with E-state index in [1.807, 2.05) is 6.92 Å². The van der Waals surface area contributed by atoms with Crippen LogP contribution >= 0.6 is 0 Å². The molecular formula is C9H19NO2. The zero-order valence-electron chi connectivity index (χ0n) is 7.83. The molecule has 1 aliphatic rings. The van der Waals surface area contributed by atoms with E-state index in [0.717, 1.165) is 19.6 Å². The molecule has 0 amide bonds. The Morgan fingerprint density at radius 3 is 2.67 bits per heavy atom. The maximum absolute atomic E-state index is 9.47. The summed E-state index contributed by atoms with van der Waals surface area (Å²) in [6.07, 6.45) is 2.26. The lowest BCUT2D eigenvalue weighted by Gasteiger charge is -2.18. The zero-order valence-corrected chi connectivity index (χ0v) is 7.83. The van der Waals surface area contributed by atoms with Crippen LogP contribution in [0.2, 0.25) is 0 Å². The van der Waals surface area contributed by atoms with Crippen molar-refractivity contribution in [2.75, 3.05) is 32.8 Å². The Balaban J connectivity index is 2.03. The SMILES string of the molecule is CCOC[C@H](O)CN1CCCC1. The summed E-state index contributed by atoms with van der Waals surface area (Å²) in [5, 5.41) is 9.47. The summed E-state index contributed by atoms with van der Waals surface area (Å²) in [4.78, 5) is 2.30. The van der Waals surface area contributed by atoms with Crippen molar-refractivity contribution in [3.8, 4) is 0 Å². The smallest absolute Gasteiger partial charge is 0.0900 e. The summed E-state index contributed by atoms with van der Waals surface area (Å²) in [6.45, 7) is 6.18. The fraction of sp³-hybridized carbons (Fsp3) is 1.00. The Hall–Kier alpha value is -0.120. The van der Waals surface area contributed by atoms with Crippen molar-refractivity contribution in [1.29, 1.82) is 0 Å². The highest BCUT2D eigenvalue weighted by Crippen LogP contribution is 2.07. The normalized spacial score (nSPS) is 21.5. The highest BCUT2D eigenvalue weighted by atomic mass is 16.5. The molecule has 0 radical (unpaired) electrons. The lowest BCUT2D eigenvalue weighted by molar-refractivity contribution is 0.0252. The van der Waals surface area contributed by atoms with Gasteiger partial charge in [-0.3, -0.25) is 0 Å². The summed E-state index contributed by atoms with van der Waals surface area (Å²) in [6, 6.07) is 0. The lowest BCUT2D eigenvalue weighted by Crippen LogP contribution is -2.32. The fourth-order valence-electron chi connectivity index (χ4n) is 1.57. The van der Waals surface area contributed by atoms with Crippen LogP contribution in [0.4, 0.5) is 0 Å². The molecule has 12 heavy (non-hydrogen) atoms. The molecule has 0 aliphatic carbocycles. The number of hydrogen-bond donors (Lipinski definition) is 1. The van der Waals surface area contributed by atoms with Crippen LogP contribution in [0.25, 0.3) is 0 Å². The van der Waals surface area contributed by atoms with Gasteiger partial charge in [0.2, 0.25) is 0 Å². The van der Waals surface area contributed by atoms with Gasteiger partial charge in [0.1, 0.15) is 0 Å². The summed E-state index contributed by atoms with van der Waals surface area (Å²) in [7, 11) is 0. The molecule has 0 aromatic heterocycles. The number of aliphatic hydroxyl groups is 1. The van der Waals surface area contributed by atoms with Gasteiger partial charge in [-0.1, -0.05) is 0 Å². The Bertz CT molecular complexity index is 113. The average molecular weight is 173 g/mol. The first kappa shape index (κ1) is 9.96. The van der Waals surface area contributed by atoms with E-state index in [0.29, 0.717) is 13.2 Å². The minimum Gasteiger partial charge on any atom is -0.389 e. The predicted molar refractivity (Wildman–Crippen MR) is 48.2 cm³/mol. The Morgan fingerprint density at radius 2 is 2.08 bits per heavy atom. The third kappa shape index (κ3) is 3.52. The number of β-amino-alcohol motifs (C(OH)–C–C–N with tert-alkyl or cyclic N) is 1. The molecule has 0 unspecified atom stereocenters. The van der Waals surface area contributed by atoms with Gasteiger partial charge in [-0.25, -0.2) is 0 Å². The Morgan fingerprint density at radius 1 is 1.42 bits per heavy atom. The van der Waals surface area contributed by atoms with Crippen LogP contribution in [0.5, 0.6) is 0 Å². The first-order valence-corrected chi connectivity index (χ1v) is 4.81. The minimum absolute atomic E-state index is 0.303. The molecule has 0 aromatic carbocycles. The van der Waals surface area contributed by atoms with Crippen LogP contribution in [0.1, 0.15) is 19.8 Å². The van der Waals surface area contributed by atoms with Crippen molar-refractivity contribution in [3.05, 3.63) is 0 Å². The molecule has 0 spiro atoms. The van der Waals surface area contributed by atoms with Gasteiger partial charge in [0, 0.05) is 13.2 Å². The molecule has 1 N–H and O–H groups in total. The van der Waals surface area contributed by atoms with E-state index in [-0.39, 0.29) is 6.10 Å². The van der Waals surface area contributed by atoms with Crippen LogP contribution in [0, 0.1) is 0 Å². The van der Waals surface area contributed by atoms with Crippen LogP contribution in [-0.2, 0) is 4.74 Å². The van der Waals surface area contributed by atoms with E-state index in [1.54, 1.807) is 0 Å². The van der Waals surface area contributed by atoms with E-state index < -0.39 is 0 Å². The molecular weight excluding hydrogens is 154 g/mol. The largest absolute Gasteiger partial charge is 0.389 e. The summed E-state index contributed by atoms with van der Waals surface area (Å²) in [5.74, 6) is 0. The molecule has 0 saturated carbocycles. The van der Waals surface area contributed by atoms with Gasteiger partial charge in [-0.2, -0.15) is 0 Å². The molecule has 3 nitrogen and oxygen atoms in total. The number of ether oxygens (including phenoxy) is 1. The van der Waals surface area contributed by atoms with Gasteiger partial charge in [0.15, 0.2) is 0 Å². The van der Waals surface area contributed by atoms with Crippen LogP contribution in [-0.4, -0.2) is 49.0 Å². The molecule has 3 heteroatoms. The average Bonchev–Trinajstić information content (AvgIpc) is 2.53. The van der Waals surface area contributed by atoms with Crippen LogP contribution in [0.15, 0.2) is 0 Å². The topological polar surface area (TPSA) is 32.7 Å². The summed E-state index contributed by atoms with van der Waals surface area (Å²) < 4.78 is 5.13. The molecule has 1 saturated heterocycles. The summed E-state index contributed by atoms with van der Waals surface area (Å²) >= 11 is 0. The van der Waals surface area contributed by atoms with Gasteiger partial charge >= 0.3 is 0 Å². The number of likely N-dealkylation sites (tertiary alicyclic amines) is 1. The van der Waals surface area contributed by atoms with Crippen LogP contribution < -0.4 is 0 Å². The number of nitrogens with zero attached hydrogens (tertiary/aromatic N) is 1. The van der Waals surface area contributed by atoms with E-state index in [2.05, 4.69) is 4.90 Å². The number of hydrogen-bond acceptors (Lipinski definition) is 3. The van der Waals surface area contributed by atoms with Crippen molar-refractivity contribution in [3.63, 3.8) is 0 Å². The second-order valence-electron chi connectivity index (χ2n) is 3.32. The second kappa shape index (κ2) is 5.51. The maximum atomic E-state index is 9.47. The van der Waals surface area contributed by atoms with Gasteiger partial charge in [-0.15, -0.1) is 0 Å². The monoisotopic (exact) mass is 173 g/mol. The molecule has 0 aromatic rings. The van der Waals surface area contributed by atoms with Gasteiger partial charge < -0.3 is 14.7 Å². The number of rotatable bonds is 5. The van der Waals surface area contributed by atoms with E-state index in [9.17, 15) is 5.11 Å². The quantitative estimate of drug-likeness (QED) is 0.656. The van der Waals surface area contributed by atoms with E-state index in [1.165, 1.54) is 12.8 Å². The van der Waals surface area contributed by atoms with Gasteiger partial charge in [0.25, 0.3) is 0 Å². The summed E-state index contributed by atoms with van der Waals surface area (Å²) in [5.41, 5.74) is 0. The first-order chi connectivity index (χ1) is 5.83. The van der Waals surface area contributed by atoms with E-state index >= 15 is 0 Å². The number of aliphatic hydroxyl groups excluding tert-OH is 1. The minimum atomic E-state index is -0.303. The predicted octanol–water partition coefficient (Wildman–Crippen LogP) is 0.480. The highest BCUT2D eigenvalue weighted by Gasteiger charge is 2.15. The Kier molecular flexibility index (Phi) is 4.58. The lowest BCUT2D eigenvalue weighted by atomic mass is 10.3. The maximum Gasteiger partial charge on any atom is 0.0900 e. The van der Waals surface area contributed by atoms with Crippen molar-refractivity contribution < 1.29 is 9.84 Å². The highest BCUT2D eigenvalue weighted by molar-refractivity contribution is 4.69. The van der Waals surface area contributed by atoms with Crippen molar-refractivity contribution in [1.82, 2.24) is 4.90 Å². The molecule has 0 bridgehead atoms.